The molecule has 0 atom stereocenters. The molecular weight excluding hydrogens is 397 g/mol. The Morgan fingerprint density at radius 1 is 1.13 bits per heavy atom. The van der Waals surface area contributed by atoms with Gasteiger partial charge in [0.05, 0.1) is 12.3 Å². The van der Waals surface area contributed by atoms with Crippen molar-refractivity contribution in [2.75, 3.05) is 33.3 Å². The largest absolute Gasteiger partial charge is 0.493 e. The standard InChI is InChI=1S/C24H30FN3OS/c1-27(24-26-23-10-3-2-7-19(23)18-30-24)21-11-14-28(15-12-21)13-4-5-16-29-22-9-6-8-20(25)17-22/h2-3,6-10,17,21H,4-5,11-16,18H2,1H3. The first-order valence-corrected chi connectivity index (χ1v) is 11.8. The molecule has 0 bridgehead atoms. The molecule has 160 valence electrons. The van der Waals surface area contributed by atoms with Gasteiger partial charge in [-0.05, 0) is 56.0 Å². The van der Waals surface area contributed by atoms with Crippen LogP contribution in [0.15, 0.2) is 53.5 Å². The van der Waals surface area contributed by atoms with Crippen molar-refractivity contribution in [1.29, 1.82) is 0 Å². The highest BCUT2D eigenvalue weighted by atomic mass is 32.2. The van der Waals surface area contributed by atoms with Crippen LogP contribution in [0.2, 0.25) is 0 Å². The summed E-state index contributed by atoms with van der Waals surface area (Å²) in [5, 5.41) is 1.15. The number of rotatable bonds is 7. The first kappa shape index (κ1) is 21.2. The molecule has 2 aliphatic heterocycles. The Hall–Kier alpha value is -2.05. The number of fused-ring (bicyclic) bond motifs is 1. The first-order chi connectivity index (χ1) is 14.7. The van der Waals surface area contributed by atoms with Crippen LogP contribution in [-0.2, 0) is 5.75 Å². The fourth-order valence-corrected chi connectivity index (χ4v) is 5.12. The number of benzene rings is 2. The minimum atomic E-state index is -0.248. The van der Waals surface area contributed by atoms with Gasteiger partial charge in [0.1, 0.15) is 11.6 Å². The van der Waals surface area contributed by atoms with Gasteiger partial charge in [0, 0.05) is 38.0 Å². The monoisotopic (exact) mass is 427 g/mol. The number of unbranched alkanes of at least 4 members (excludes halogenated alkanes) is 1. The lowest BCUT2D eigenvalue weighted by atomic mass is 10.0. The van der Waals surface area contributed by atoms with Gasteiger partial charge in [0.25, 0.3) is 0 Å². The number of likely N-dealkylation sites (tertiary alicyclic amines) is 1. The van der Waals surface area contributed by atoms with E-state index in [9.17, 15) is 4.39 Å². The Labute approximate surface area is 183 Å². The molecule has 1 fully saturated rings. The molecule has 2 aromatic carbocycles. The molecule has 0 spiro atoms. The van der Waals surface area contributed by atoms with Gasteiger partial charge >= 0.3 is 0 Å². The van der Waals surface area contributed by atoms with E-state index in [0.29, 0.717) is 18.4 Å². The fraction of sp³-hybridized carbons (Fsp3) is 0.458. The van der Waals surface area contributed by atoms with E-state index in [1.807, 2.05) is 11.8 Å². The van der Waals surface area contributed by atoms with Crippen molar-refractivity contribution >= 4 is 22.6 Å². The summed E-state index contributed by atoms with van der Waals surface area (Å²) in [5.41, 5.74) is 2.45. The number of ether oxygens (including phenoxy) is 1. The summed E-state index contributed by atoms with van der Waals surface area (Å²) in [4.78, 5) is 9.84. The third kappa shape index (κ3) is 5.55. The lowest BCUT2D eigenvalue weighted by Gasteiger charge is -2.38. The number of thioether (sulfide) groups is 1. The molecule has 2 aliphatic rings. The topological polar surface area (TPSA) is 28.1 Å². The van der Waals surface area contributed by atoms with Gasteiger partial charge < -0.3 is 14.5 Å². The minimum absolute atomic E-state index is 0.248. The van der Waals surface area contributed by atoms with Crippen LogP contribution in [0, 0.1) is 5.82 Å². The Morgan fingerprint density at radius 3 is 2.80 bits per heavy atom. The van der Waals surface area contributed by atoms with Gasteiger partial charge in [0.15, 0.2) is 5.17 Å². The second kappa shape index (κ2) is 10.3. The quantitative estimate of drug-likeness (QED) is 0.560. The first-order valence-electron chi connectivity index (χ1n) is 10.8. The molecule has 4 rings (SSSR count). The van der Waals surface area contributed by atoms with Crippen LogP contribution in [0.3, 0.4) is 0 Å². The van der Waals surface area contributed by atoms with E-state index in [-0.39, 0.29) is 5.82 Å². The van der Waals surface area contributed by atoms with Gasteiger partial charge in [-0.15, -0.1) is 0 Å². The summed E-state index contributed by atoms with van der Waals surface area (Å²) in [6.07, 6.45) is 4.45. The van der Waals surface area contributed by atoms with Crippen LogP contribution in [0.25, 0.3) is 0 Å². The maximum Gasteiger partial charge on any atom is 0.164 e. The Bertz CT molecular complexity index is 867. The Morgan fingerprint density at radius 2 is 1.97 bits per heavy atom. The zero-order chi connectivity index (χ0) is 20.8. The highest BCUT2D eigenvalue weighted by Gasteiger charge is 2.26. The summed E-state index contributed by atoms with van der Waals surface area (Å²) in [6, 6.07) is 15.4. The summed E-state index contributed by atoms with van der Waals surface area (Å²) < 4.78 is 18.8. The maximum atomic E-state index is 13.2. The predicted octanol–water partition coefficient (Wildman–Crippen LogP) is 5.32. The van der Waals surface area contributed by atoms with Crippen molar-refractivity contribution in [2.45, 2.75) is 37.5 Å². The average Bonchev–Trinajstić information content (AvgIpc) is 2.78. The van der Waals surface area contributed by atoms with Crippen LogP contribution in [0.4, 0.5) is 10.1 Å². The van der Waals surface area contributed by atoms with Crippen LogP contribution in [0.1, 0.15) is 31.2 Å². The number of aliphatic imine (C=N–C) groups is 1. The second-order valence-corrected chi connectivity index (χ2v) is 8.95. The van der Waals surface area contributed by atoms with Gasteiger partial charge in [-0.2, -0.15) is 0 Å². The van der Waals surface area contributed by atoms with E-state index < -0.39 is 0 Å². The number of hydrogen-bond acceptors (Lipinski definition) is 5. The van der Waals surface area contributed by atoms with Crippen LogP contribution >= 0.6 is 11.8 Å². The van der Waals surface area contributed by atoms with Crippen molar-refractivity contribution < 1.29 is 9.13 Å². The minimum Gasteiger partial charge on any atom is -0.493 e. The van der Waals surface area contributed by atoms with Crippen LogP contribution in [0.5, 0.6) is 5.75 Å². The summed E-state index contributed by atoms with van der Waals surface area (Å²) in [7, 11) is 2.20. The number of para-hydroxylation sites is 1. The highest BCUT2D eigenvalue weighted by molar-refractivity contribution is 8.13. The lowest BCUT2D eigenvalue weighted by molar-refractivity contribution is 0.162. The molecule has 2 heterocycles. The molecule has 0 aromatic heterocycles. The molecule has 6 heteroatoms. The SMILES string of the molecule is CN(C1=Nc2ccccc2CS1)C1CCN(CCCCOc2cccc(F)c2)CC1. The molecule has 1 saturated heterocycles. The number of nitrogens with zero attached hydrogens (tertiary/aromatic N) is 3. The van der Waals surface area contributed by atoms with Gasteiger partial charge in [-0.25, -0.2) is 9.38 Å². The third-order valence-electron chi connectivity index (χ3n) is 5.90. The smallest absolute Gasteiger partial charge is 0.164 e. The Kier molecular flexibility index (Phi) is 7.28. The van der Waals surface area contributed by atoms with Gasteiger partial charge in [-0.3, -0.25) is 0 Å². The molecule has 4 nitrogen and oxygen atoms in total. The second-order valence-electron chi connectivity index (χ2n) is 8.01. The zero-order valence-electron chi connectivity index (χ0n) is 17.6. The van der Waals surface area contributed by atoms with E-state index >= 15 is 0 Å². The van der Waals surface area contributed by atoms with E-state index in [0.717, 1.165) is 49.1 Å². The van der Waals surface area contributed by atoms with E-state index in [1.54, 1.807) is 12.1 Å². The molecule has 0 unspecified atom stereocenters. The third-order valence-corrected chi connectivity index (χ3v) is 7.00. The van der Waals surface area contributed by atoms with Crippen molar-refractivity contribution in [2.24, 2.45) is 4.99 Å². The molecule has 2 aromatic rings. The molecule has 0 N–H and O–H groups in total. The lowest BCUT2D eigenvalue weighted by Crippen LogP contribution is -2.45. The molecular formula is C24H30FN3OS. The summed E-state index contributed by atoms with van der Waals surface area (Å²) >= 11 is 1.85. The van der Waals surface area contributed by atoms with Gasteiger partial charge in [-0.1, -0.05) is 36.0 Å². The molecule has 30 heavy (non-hydrogen) atoms. The molecule has 0 radical (unpaired) electrons. The molecule has 0 saturated carbocycles. The van der Waals surface area contributed by atoms with E-state index in [1.165, 1.54) is 30.5 Å². The number of hydrogen-bond donors (Lipinski definition) is 0. The van der Waals surface area contributed by atoms with Crippen molar-refractivity contribution in [3.8, 4) is 5.75 Å². The predicted molar refractivity (Wildman–Crippen MR) is 123 cm³/mol. The van der Waals surface area contributed by atoms with E-state index in [2.05, 4.69) is 41.1 Å². The molecule has 0 amide bonds. The Balaban J connectivity index is 1.16. The maximum absolute atomic E-state index is 13.2. The highest BCUT2D eigenvalue weighted by Crippen LogP contribution is 2.32. The average molecular weight is 428 g/mol. The number of amidine groups is 1. The van der Waals surface area contributed by atoms with E-state index in [4.69, 9.17) is 9.73 Å². The fourth-order valence-electron chi connectivity index (χ4n) is 4.07. The summed E-state index contributed by atoms with van der Waals surface area (Å²) in [6.45, 7) is 4.01. The number of halogens is 1. The van der Waals surface area contributed by atoms with Gasteiger partial charge in [0.2, 0.25) is 0 Å². The summed E-state index contributed by atoms with van der Waals surface area (Å²) in [5.74, 6) is 1.38. The number of piperidine rings is 1. The zero-order valence-corrected chi connectivity index (χ0v) is 18.4. The molecule has 0 aliphatic carbocycles. The normalized spacial score (nSPS) is 17.3. The van der Waals surface area contributed by atoms with Crippen LogP contribution < -0.4 is 4.74 Å². The van der Waals surface area contributed by atoms with Crippen molar-refractivity contribution in [3.05, 3.63) is 59.9 Å². The van der Waals surface area contributed by atoms with Crippen LogP contribution in [-0.4, -0.2) is 54.3 Å². The van der Waals surface area contributed by atoms with Crippen molar-refractivity contribution in [1.82, 2.24) is 9.80 Å². The van der Waals surface area contributed by atoms with Crippen molar-refractivity contribution in [3.63, 3.8) is 0 Å².